The maximum absolute atomic E-state index is 11.4. The van der Waals surface area contributed by atoms with Gasteiger partial charge < -0.3 is 9.72 Å². The van der Waals surface area contributed by atoms with Crippen molar-refractivity contribution in [2.24, 2.45) is 11.8 Å². The zero-order valence-electron chi connectivity index (χ0n) is 14.8. The number of nitrogens with zero attached hydrogens (tertiary/aromatic N) is 1. The van der Waals surface area contributed by atoms with Crippen LogP contribution in [0.1, 0.15) is 37.6 Å². The second kappa shape index (κ2) is 5.46. The van der Waals surface area contributed by atoms with Crippen molar-refractivity contribution < 1.29 is 9.53 Å². The van der Waals surface area contributed by atoms with Gasteiger partial charge in [0.25, 0.3) is 0 Å². The lowest BCUT2D eigenvalue weighted by Gasteiger charge is -2.58. The van der Waals surface area contributed by atoms with Crippen LogP contribution in [0.25, 0.3) is 10.9 Å². The first-order valence-corrected chi connectivity index (χ1v) is 9.31. The third kappa shape index (κ3) is 2.13. The maximum atomic E-state index is 11.4. The average Bonchev–Trinajstić information content (AvgIpc) is 2.99. The number of carbonyl (C=O) groups is 1. The number of piperidine rings is 3. The van der Waals surface area contributed by atoms with E-state index in [0.29, 0.717) is 30.5 Å². The van der Waals surface area contributed by atoms with Crippen molar-refractivity contribution in [1.29, 1.82) is 0 Å². The van der Waals surface area contributed by atoms with Crippen molar-refractivity contribution in [1.82, 2.24) is 9.88 Å². The Kier molecular flexibility index (Phi) is 3.32. The lowest BCUT2D eigenvalue weighted by molar-refractivity contribution is -0.146. The number of aromatic nitrogens is 1. The van der Waals surface area contributed by atoms with Crippen molar-refractivity contribution in [2.75, 3.05) is 13.2 Å². The second-order valence-electron chi connectivity index (χ2n) is 7.69. The molecule has 1 aromatic heterocycles. The van der Waals surface area contributed by atoms with E-state index in [0.717, 1.165) is 19.4 Å². The minimum atomic E-state index is -0.168. The summed E-state index contributed by atoms with van der Waals surface area (Å²) < 4.78 is 5.47. The van der Waals surface area contributed by atoms with Gasteiger partial charge in [-0.15, -0.1) is 0 Å². The van der Waals surface area contributed by atoms with Crippen molar-refractivity contribution in [3.05, 3.63) is 47.2 Å². The van der Waals surface area contributed by atoms with Crippen LogP contribution >= 0.6 is 0 Å². The molecule has 4 aliphatic rings. The molecule has 130 valence electrons. The molecule has 0 amide bonds. The smallest absolute Gasteiger partial charge is 0.302 e. The number of esters is 1. The Morgan fingerprint density at radius 3 is 3.04 bits per heavy atom. The molecule has 3 fully saturated rings. The lowest BCUT2D eigenvalue weighted by atomic mass is 9.64. The molecule has 0 saturated carbocycles. The fourth-order valence-corrected chi connectivity index (χ4v) is 5.51. The van der Waals surface area contributed by atoms with Crippen LogP contribution in [0.2, 0.25) is 0 Å². The van der Waals surface area contributed by atoms with Crippen molar-refractivity contribution >= 4 is 16.9 Å². The molecule has 5 heterocycles. The van der Waals surface area contributed by atoms with Crippen LogP contribution in [0.15, 0.2) is 35.9 Å². The molecule has 0 spiro atoms. The summed E-state index contributed by atoms with van der Waals surface area (Å²) in [5, 5.41) is 1.36. The Morgan fingerprint density at radius 1 is 1.40 bits per heavy atom. The van der Waals surface area contributed by atoms with Gasteiger partial charge in [0.1, 0.15) is 0 Å². The van der Waals surface area contributed by atoms with E-state index in [9.17, 15) is 4.79 Å². The molecule has 4 aliphatic heterocycles. The summed E-state index contributed by atoms with van der Waals surface area (Å²) in [7, 11) is 0. The van der Waals surface area contributed by atoms with Gasteiger partial charge in [0, 0.05) is 42.0 Å². The number of carbonyl (C=O) groups excluding carboxylic acids is 1. The van der Waals surface area contributed by atoms with Crippen LogP contribution in [-0.2, 0) is 16.0 Å². The highest BCUT2D eigenvalue weighted by Crippen LogP contribution is 2.54. The quantitative estimate of drug-likeness (QED) is 0.673. The fourth-order valence-electron chi connectivity index (χ4n) is 5.51. The zero-order valence-corrected chi connectivity index (χ0v) is 14.8. The number of nitrogens with one attached hydrogen (secondary N) is 1. The first-order valence-electron chi connectivity index (χ1n) is 9.31. The predicted molar refractivity (Wildman–Crippen MR) is 97.2 cm³/mol. The van der Waals surface area contributed by atoms with Gasteiger partial charge in [0.2, 0.25) is 0 Å². The van der Waals surface area contributed by atoms with Gasteiger partial charge in [0.15, 0.2) is 0 Å². The molecule has 2 aromatic rings. The summed E-state index contributed by atoms with van der Waals surface area (Å²) >= 11 is 0. The van der Waals surface area contributed by atoms with E-state index < -0.39 is 0 Å². The number of aromatic amines is 1. The van der Waals surface area contributed by atoms with Crippen LogP contribution in [0.3, 0.4) is 0 Å². The number of benzene rings is 1. The molecular weight excluding hydrogens is 312 g/mol. The van der Waals surface area contributed by atoms with Gasteiger partial charge in [-0.05, 0) is 37.3 Å². The highest BCUT2D eigenvalue weighted by atomic mass is 16.5. The third-order valence-corrected chi connectivity index (χ3v) is 6.60. The van der Waals surface area contributed by atoms with Gasteiger partial charge in [-0.1, -0.05) is 29.8 Å². The summed E-state index contributed by atoms with van der Waals surface area (Å²) in [5.41, 5.74) is 5.67. The number of hydrogen-bond donors (Lipinski definition) is 1. The van der Waals surface area contributed by atoms with Gasteiger partial charge >= 0.3 is 5.97 Å². The highest BCUT2D eigenvalue weighted by Gasteiger charge is 2.53. The van der Waals surface area contributed by atoms with E-state index in [-0.39, 0.29) is 5.97 Å². The molecule has 0 aliphatic carbocycles. The number of rotatable bonds is 2. The molecule has 1 aromatic carbocycles. The number of fused-ring (bicyclic) bond motifs is 4. The molecule has 25 heavy (non-hydrogen) atoms. The standard InChI is InChI=1S/C21H24N2O2/c1-3-13-10-23-19-9-16-14-6-4-5-7-18(14)22-21(16)20(23)8-15(13)17(19)11-25-12(2)24/h3-7,15,17,19-20,22H,8-11H2,1-2H3/b13-3-/t15-,17?,19-,20-/m0/s1. The molecule has 5 atom stereocenters. The first kappa shape index (κ1) is 15.2. The Bertz CT molecular complexity index is 881. The van der Waals surface area contributed by atoms with Gasteiger partial charge in [0.05, 0.1) is 12.6 Å². The normalized spacial score (nSPS) is 34.3. The second-order valence-corrected chi connectivity index (χ2v) is 7.69. The Morgan fingerprint density at radius 2 is 2.24 bits per heavy atom. The van der Waals surface area contributed by atoms with Crippen LogP contribution in [0.5, 0.6) is 0 Å². The monoisotopic (exact) mass is 336 g/mol. The van der Waals surface area contributed by atoms with Crippen LogP contribution in [0.4, 0.5) is 0 Å². The SMILES string of the molecule is C/C=C1/CN2[C@H]3C[C@@H]1C(COC(C)=O)[C@@H]2Cc1c3[nH]c2ccccc12. The summed E-state index contributed by atoms with van der Waals surface area (Å²) in [6.45, 7) is 5.26. The summed E-state index contributed by atoms with van der Waals surface area (Å²) in [6.07, 6.45) is 4.45. The maximum Gasteiger partial charge on any atom is 0.302 e. The van der Waals surface area contributed by atoms with E-state index in [4.69, 9.17) is 4.74 Å². The van der Waals surface area contributed by atoms with Crippen LogP contribution in [-0.4, -0.2) is 35.0 Å². The number of hydrogen-bond acceptors (Lipinski definition) is 3. The molecule has 0 radical (unpaired) electrons. The average molecular weight is 336 g/mol. The van der Waals surface area contributed by atoms with Gasteiger partial charge in [-0.3, -0.25) is 9.69 Å². The molecule has 4 heteroatoms. The molecule has 4 nitrogen and oxygen atoms in total. The van der Waals surface area contributed by atoms with Crippen molar-refractivity contribution in [3.8, 4) is 0 Å². The van der Waals surface area contributed by atoms with Gasteiger partial charge in [-0.25, -0.2) is 0 Å². The number of H-pyrrole nitrogens is 1. The van der Waals surface area contributed by atoms with Crippen LogP contribution in [0, 0.1) is 11.8 Å². The third-order valence-electron chi connectivity index (χ3n) is 6.60. The van der Waals surface area contributed by atoms with Crippen molar-refractivity contribution in [3.63, 3.8) is 0 Å². The molecular formula is C21H24N2O2. The van der Waals surface area contributed by atoms with Crippen LogP contribution < -0.4 is 0 Å². The summed E-state index contributed by atoms with van der Waals surface area (Å²) in [6, 6.07) is 9.59. The topological polar surface area (TPSA) is 45.3 Å². The number of allylic oxidation sites excluding steroid dienone is 1. The fraction of sp³-hybridized carbons (Fsp3) is 0.476. The van der Waals surface area contributed by atoms with Gasteiger partial charge in [-0.2, -0.15) is 0 Å². The summed E-state index contributed by atoms with van der Waals surface area (Å²) in [4.78, 5) is 17.8. The molecule has 3 saturated heterocycles. The van der Waals surface area contributed by atoms with E-state index in [2.05, 4.69) is 47.1 Å². The molecule has 1 N–H and O–H groups in total. The largest absolute Gasteiger partial charge is 0.465 e. The predicted octanol–water partition coefficient (Wildman–Crippen LogP) is 3.59. The lowest BCUT2D eigenvalue weighted by Crippen LogP contribution is -2.61. The van der Waals surface area contributed by atoms with Crippen molar-refractivity contribution in [2.45, 2.75) is 38.8 Å². The minimum Gasteiger partial charge on any atom is -0.465 e. The van der Waals surface area contributed by atoms with E-state index in [1.807, 2.05) is 0 Å². The Hall–Kier alpha value is -2.07. The van der Waals surface area contributed by atoms with E-state index in [1.54, 1.807) is 0 Å². The summed E-state index contributed by atoms with van der Waals surface area (Å²) in [5.74, 6) is 0.768. The molecule has 2 unspecified atom stereocenters. The Balaban J connectivity index is 1.59. The minimum absolute atomic E-state index is 0.168. The first-order chi connectivity index (χ1) is 12.2. The Labute approximate surface area is 147 Å². The number of ether oxygens (including phenoxy) is 1. The molecule has 4 bridgehead atoms. The van der Waals surface area contributed by atoms with E-state index in [1.165, 1.54) is 34.7 Å². The highest BCUT2D eigenvalue weighted by molar-refractivity contribution is 5.85. The van der Waals surface area contributed by atoms with E-state index >= 15 is 0 Å². The zero-order chi connectivity index (χ0) is 17.1. The molecule has 6 rings (SSSR count). The number of para-hydroxylation sites is 1.